The lowest BCUT2D eigenvalue weighted by Crippen LogP contribution is -2.18. The lowest BCUT2D eigenvalue weighted by atomic mass is 10.1. The number of nitrogens with one attached hydrogen (secondary N) is 2. The zero-order valence-corrected chi connectivity index (χ0v) is 7.90. The van der Waals surface area contributed by atoms with Crippen molar-refractivity contribution in [3.63, 3.8) is 0 Å². The molecule has 0 aliphatic rings. The molecule has 1 aromatic heterocycles. The predicted molar refractivity (Wildman–Crippen MR) is 55.5 cm³/mol. The first kappa shape index (κ1) is 9.48. The lowest BCUT2D eigenvalue weighted by Gasteiger charge is -2.00. The molecule has 0 aliphatic carbocycles. The Labute approximate surface area is 86.5 Å². The minimum absolute atomic E-state index is 0.424. The van der Waals surface area contributed by atoms with Crippen LogP contribution in [0.1, 0.15) is 10.4 Å². The Hall–Kier alpha value is -2.07. The second-order valence-electron chi connectivity index (χ2n) is 3.10. The van der Waals surface area contributed by atoms with Gasteiger partial charge < -0.3 is 4.98 Å². The van der Waals surface area contributed by atoms with Gasteiger partial charge in [0.1, 0.15) is 0 Å². The molecule has 76 valence electrons. The molecule has 1 amide bonds. The molecule has 4 heteroatoms. The smallest absolute Gasteiger partial charge is 0.274 e. The third-order valence-electron chi connectivity index (χ3n) is 2.16. The zero-order valence-electron chi connectivity index (χ0n) is 7.90. The summed E-state index contributed by atoms with van der Waals surface area (Å²) in [6.07, 6.45) is 1.84. The maximum atomic E-state index is 11.0. The molecule has 2 aromatic rings. The first-order valence-corrected chi connectivity index (χ1v) is 4.49. The van der Waals surface area contributed by atoms with Crippen LogP contribution in [0.4, 0.5) is 0 Å². The van der Waals surface area contributed by atoms with Crippen LogP contribution in [0.3, 0.4) is 0 Å². The average molecular weight is 202 g/mol. The lowest BCUT2D eigenvalue weighted by molar-refractivity contribution is 0.0706. The van der Waals surface area contributed by atoms with Gasteiger partial charge in [0, 0.05) is 17.5 Å². The molecule has 0 aliphatic heterocycles. The van der Waals surface area contributed by atoms with E-state index < -0.39 is 5.91 Å². The maximum Gasteiger partial charge on any atom is 0.274 e. The number of H-pyrrole nitrogens is 1. The molecule has 3 N–H and O–H groups in total. The van der Waals surface area contributed by atoms with E-state index >= 15 is 0 Å². The summed E-state index contributed by atoms with van der Waals surface area (Å²) in [6, 6.07) is 10.8. The van der Waals surface area contributed by atoms with Crippen LogP contribution >= 0.6 is 0 Å². The fourth-order valence-corrected chi connectivity index (χ4v) is 1.38. The number of benzene rings is 1. The van der Waals surface area contributed by atoms with Crippen molar-refractivity contribution in [2.45, 2.75) is 0 Å². The molecule has 0 radical (unpaired) electrons. The fourth-order valence-electron chi connectivity index (χ4n) is 1.38. The number of carbonyl (C=O) groups is 1. The average Bonchev–Trinajstić information content (AvgIpc) is 2.82. The number of amides is 1. The van der Waals surface area contributed by atoms with Crippen molar-refractivity contribution in [1.82, 2.24) is 10.5 Å². The van der Waals surface area contributed by atoms with Gasteiger partial charge in [0.15, 0.2) is 0 Å². The highest BCUT2D eigenvalue weighted by Crippen LogP contribution is 2.17. The monoisotopic (exact) mass is 202 g/mol. The number of carbonyl (C=O) groups excluding carboxylic acids is 1. The van der Waals surface area contributed by atoms with E-state index in [-0.39, 0.29) is 0 Å². The van der Waals surface area contributed by atoms with Gasteiger partial charge in [-0.3, -0.25) is 10.0 Å². The molecule has 0 bridgehead atoms. The molecular formula is C11H10N2O2. The van der Waals surface area contributed by atoms with Crippen molar-refractivity contribution < 1.29 is 10.0 Å². The second kappa shape index (κ2) is 3.98. The molecule has 0 fully saturated rings. The van der Waals surface area contributed by atoms with Crippen molar-refractivity contribution in [3.05, 3.63) is 48.2 Å². The van der Waals surface area contributed by atoms with Gasteiger partial charge in [0.25, 0.3) is 5.91 Å². The van der Waals surface area contributed by atoms with Gasteiger partial charge in [-0.1, -0.05) is 12.1 Å². The molecule has 0 unspecified atom stereocenters. The quantitative estimate of drug-likeness (QED) is 0.513. The maximum absolute atomic E-state index is 11.0. The number of aromatic nitrogens is 1. The summed E-state index contributed by atoms with van der Waals surface area (Å²) in [5.74, 6) is -0.506. The Morgan fingerprint density at radius 3 is 2.47 bits per heavy atom. The SMILES string of the molecule is O=C(NO)c1ccc(-c2ccc[nH]2)cc1. The first-order chi connectivity index (χ1) is 7.31. The fraction of sp³-hybridized carbons (Fsp3) is 0. The standard InChI is InChI=1S/C11H10N2O2/c14-11(13-15)9-5-3-8(4-6-9)10-2-1-7-12-10/h1-7,12,15H,(H,13,14). The van der Waals surface area contributed by atoms with E-state index in [0.717, 1.165) is 11.3 Å². The summed E-state index contributed by atoms with van der Waals surface area (Å²) in [4.78, 5) is 14.1. The van der Waals surface area contributed by atoms with Gasteiger partial charge in [0.2, 0.25) is 0 Å². The minimum atomic E-state index is -0.506. The Bertz CT molecular complexity index is 446. The van der Waals surface area contributed by atoms with Crippen LogP contribution in [0, 0.1) is 0 Å². The number of rotatable bonds is 2. The van der Waals surface area contributed by atoms with Crippen LogP contribution in [0.25, 0.3) is 11.3 Å². The summed E-state index contributed by atoms with van der Waals surface area (Å²) >= 11 is 0. The number of aromatic amines is 1. The van der Waals surface area contributed by atoms with Crippen molar-refractivity contribution >= 4 is 5.91 Å². The van der Waals surface area contributed by atoms with E-state index in [9.17, 15) is 4.79 Å². The van der Waals surface area contributed by atoms with Gasteiger partial charge in [-0.2, -0.15) is 0 Å². The van der Waals surface area contributed by atoms with Crippen molar-refractivity contribution in [2.75, 3.05) is 0 Å². The van der Waals surface area contributed by atoms with Crippen LogP contribution in [0.5, 0.6) is 0 Å². The molecule has 2 rings (SSSR count). The van der Waals surface area contributed by atoms with Crippen LogP contribution in [0.2, 0.25) is 0 Å². The summed E-state index contributed by atoms with van der Waals surface area (Å²) in [7, 11) is 0. The zero-order chi connectivity index (χ0) is 10.7. The summed E-state index contributed by atoms with van der Waals surface area (Å²) in [6.45, 7) is 0. The minimum Gasteiger partial charge on any atom is -0.361 e. The van der Waals surface area contributed by atoms with Crippen molar-refractivity contribution in [2.24, 2.45) is 0 Å². The van der Waals surface area contributed by atoms with Crippen molar-refractivity contribution in [1.29, 1.82) is 0 Å². The Kier molecular flexibility index (Phi) is 2.51. The molecule has 0 atom stereocenters. The molecule has 1 aromatic carbocycles. The Morgan fingerprint density at radius 1 is 1.20 bits per heavy atom. The first-order valence-electron chi connectivity index (χ1n) is 4.49. The molecule has 4 nitrogen and oxygen atoms in total. The highest BCUT2D eigenvalue weighted by molar-refractivity contribution is 5.93. The highest BCUT2D eigenvalue weighted by atomic mass is 16.5. The van der Waals surface area contributed by atoms with Crippen LogP contribution < -0.4 is 5.48 Å². The van der Waals surface area contributed by atoms with Crippen LogP contribution in [-0.2, 0) is 0 Å². The number of hydroxylamine groups is 1. The largest absolute Gasteiger partial charge is 0.361 e. The third-order valence-corrected chi connectivity index (χ3v) is 2.16. The topological polar surface area (TPSA) is 65.1 Å². The van der Waals surface area contributed by atoms with Gasteiger partial charge in [0.05, 0.1) is 0 Å². The van der Waals surface area contributed by atoms with Crippen LogP contribution in [-0.4, -0.2) is 16.1 Å². The molecule has 0 saturated heterocycles. The highest BCUT2D eigenvalue weighted by Gasteiger charge is 2.03. The Morgan fingerprint density at radius 2 is 1.93 bits per heavy atom. The summed E-state index contributed by atoms with van der Waals surface area (Å²) in [5, 5.41) is 8.44. The second-order valence-corrected chi connectivity index (χ2v) is 3.10. The molecule has 1 heterocycles. The van der Waals surface area contributed by atoms with E-state index in [2.05, 4.69) is 4.98 Å². The summed E-state index contributed by atoms with van der Waals surface area (Å²) in [5.41, 5.74) is 4.00. The van der Waals surface area contributed by atoms with E-state index in [1.807, 2.05) is 30.5 Å². The van der Waals surface area contributed by atoms with Gasteiger partial charge >= 0.3 is 0 Å². The normalized spacial score (nSPS) is 9.93. The Balaban J connectivity index is 2.29. The van der Waals surface area contributed by atoms with Gasteiger partial charge in [-0.25, -0.2) is 5.48 Å². The van der Waals surface area contributed by atoms with E-state index in [4.69, 9.17) is 5.21 Å². The van der Waals surface area contributed by atoms with Gasteiger partial charge in [-0.05, 0) is 29.8 Å². The molecule has 0 spiro atoms. The van der Waals surface area contributed by atoms with E-state index in [1.165, 1.54) is 0 Å². The van der Waals surface area contributed by atoms with E-state index in [0.29, 0.717) is 5.56 Å². The van der Waals surface area contributed by atoms with E-state index in [1.54, 1.807) is 17.6 Å². The predicted octanol–water partition coefficient (Wildman–Crippen LogP) is 1.80. The van der Waals surface area contributed by atoms with Gasteiger partial charge in [-0.15, -0.1) is 0 Å². The van der Waals surface area contributed by atoms with Crippen LogP contribution in [0.15, 0.2) is 42.6 Å². The van der Waals surface area contributed by atoms with Crippen molar-refractivity contribution in [3.8, 4) is 11.3 Å². The summed E-state index contributed by atoms with van der Waals surface area (Å²) < 4.78 is 0. The number of hydrogen-bond acceptors (Lipinski definition) is 2. The third kappa shape index (κ3) is 1.89. The molecule has 0 saturated carbocycles. The molecular weight excluding hydrogens is 192 g/mol. The number of hydrogen-bond donors (Lipinski definition) is 3. The molecule has 15 heavy (non-hydrogen) atoms.